The number of hydrogen-bond donors (Lipinski definition) is 1. The molecule has 0 amide bonds. The zero-order chi connectivity index (χ0) is 24.8. The maximum atomic E-state index is 13.5. The van der Waals surface area contributed by atoms with Crippen molar-refractivity contribution in [3.05, 3.63) is 81.5 Å². The van der Waals surface area contributed by atoms with Crippen molar-refractivity contribution < 1.29 is 19.4 Å². The minimum absolute atomic E-state index is 0.0773. The lowest BCUT2D eigenvalue weighted by Crippen LogP contribution is -2.28. The summed E-state index contributed by atoms with van der Waals surface area (Å²) in [5, 5.41) is 9.50. The maximum absolute atomic E-state index is 13.5. The first kappa shape index (κ1) is 25.5. The molecule has 34 heavy (non-hydrogen) atoms. The molecule has 182 valence electrons. The van der Waals surface area contributed by atoms with E-state index in [9.17, 15) is 14.7 Å². The SMILES string of the molecule is CCCc1c(C(OC)OC)n(CC(C)C)c(=O)n1Cc1ccc(-c2ccccc2C(=O)O)cc1. The molecule has 7 heteroatoms. The van der Waals surface area contributed by atoms with Crippen molar-refractivity contribution in [2.45, 2.75) is 53.0 Å². The molecule has 0 aliphatic rings. The van der Waals surface area contributed by atoms with Gasteiger partial charge < -0.3 is 14.6 Å². The lowest BCUT2D eigenvalue weighted by atomic mass is 9.99. The lowest BCUT2D eigenvalue weighted by Gasteiger charge is -2.18. The number of nitrogens with zero attached hydrogens (tertiary/aromatic N) is 2. The molecular weight excluding hydrogens is 432 g/mol. The van der Waals surface area contributed by atoms with Crippen LogP contribution >= 0.6 is 0 Å². The van der Waals surface area contributed by atoms with Crippen LogP contribution in [0.4, 0.5) is 0 Å². The Balaban J connectivity index is 2.04. The summed E-state index contributed by atoms with van der Waals surface area (Å²) in [6, 6.07) is 14.6. The van der Waals surface area contributed by atoms with Crippen LogP contribution in [0.25, 0.3) is 11.1 Å². The molecule has 1 N–H and O–H groups in total. The fourth-order valence-corrected chi connectivity index (χ4v) is 4.34. The van der Waals surface area contributed by atoms with Gasteiger partial charge in [0.2, 0.25) is 0 Å². The van der Waals surface area contributed by atoms with Gasteiger partial charge in [0, 0.05) is 26.5 Å². The van der Waals surface area contributed by atoms with Gasteiger partial charge in [0.15, 0.2) is 6.29 Å². The van der Waals surface area contributed by atoms with E-state index in [1.54, 1.807) is 37.0 Å². The molecule has 7 nitrogen and oxygen atoms in total. The summed E-state index contributed by atoms with van der Waals surface area (Å²) in [5.74, 6) is -0.676. The van der Waals surface area contributed by atoms with Crippen LogP contribution in [0, 0.1) is 5.92 Å². The fourth-order valence-electron chi connectivity index (χ4n) is 4.34. The Bertz CT molecular complexity index is 1170. The van der Waals surface area contributed by atoms with E-state index in [-0.39, 0.29) is 17.2 Å². The first-order valence-electron chi connectivity index (χ1n) is 11.6. The fraction of sp³-hybridized carbons (Fsp3) is 0.407. The Morgan fingerprint density at radius 3 is 2.21 bits per heavy atom. The first-order valence-corrected chi connectivity index (χ1v) is 11.6. The number of ether oxygens (including phenoxy) is 2. The van der Waals surface area contributed by atoms with Crippen LogP contribution in [0.5, 0.6) is 0 Å². The van der Waals surface area contributed by atoms with Crippen LogP contribution < -0.4 is 5.69 Å². The van der Waals surface area contributed by atoms with Gasteiger partial charge in [-0.3, -0.25) is 9.13 Å². The van der Waals surface area contributed by atoms with Crippen molar-refractivity contribution in [2.24, 2.45) is 5.92 Å². The number of benzene rings is 2. The molecule has 2 aromatic carbocycles. The highest BCUT2D eigenvalue weighted by Crippen LogP contribution is 2.26. The van der Waals surface area contributed by atoms with Gasteiger partial charge in [-0.25, -0.2) is 9.59 Å². The molecule has 0 saturated heterocycles. The van der Waals surface area contributed by atoms with Gasteiger partial charge in [0.25, 0.3) is 0 Å². The van der Waals surface area contributed by atoms with E-state index in [1.165, 1.54) is 0 Å². The van der Waals surface area contributed by atoms with Crippen molar-refractivity contribution >= 4 is 5.97 Å². The number of carboxylic acid groups (broad SMARTS) is 1. The molecule has 0 fully saturated rings. The summed E-state index contributed by atoms with van der Waals surface area (Å²) in [5.41, 5.74) is 4.32. The van der Waals surface area contributed by atoms with Gasteiger partial charge in [-0.1, -0.05) is 69.7 Å². The second-order valence-electron chi connectivity index (χ2n) is 8.81. The average molecular weight is 467 g/mol. The molecule has 0 saturated carbocycles. The van der Waals surface area contributed by atoms with Crippen molar-refractivity contribution in [3.8, 4) is 11.1 Å². The van der Waals surface area contributed by atoms with E-state index in [0.717, 1.165) is 35.4 Å². The van der Waals surface area contributed by atoms with Crippen LogP contribution in [0.15, 0.2) is 53.3 Å². The minimum Gasteiger partial charge on any atom is -0.478 e. The third-order valence-corrected chi connectivity index (χ3v) is 5.82. The Hall–Kier alpha value is -3.16. The molecule has 0 atom stereocenters. The average Bonchev–Trinajstić information content (AvgIpc) is 3.06. The molecule has 0 radical (unpaired) electrons. The predicted octanol–water partition coefficient (Wildman–Crippen LogP) is 4.96. The van der Waals surface area contributed by atoms with E-state index < -0.39 is 12.3 Å². The third kappa shape index (κ3) is 5.32. The van der Waals surface area contributed by atoms with Crippen LogP contribution in [0.2, 0.25) is 0 Å². The molecule has 1 heterocycles. The Labute approximate surface area is 200 Å². The van der Waals surface area contributed by atoms with Gasteiger partial charge in [0.1, 0.15) is 0 Å². The third-order valence-electron chi connectivity index (χ3n) is 5.82. The van der Waals surface area contributed by atoms with Gasteiger partial charge >= 0.3 is 11.7 Å². The smallest absolute Gasteiger partial charge is 0.336 e. The number of hydrogen-bond acceptors (Lipinski definition) is 4. The van der Waals surface area contributed by atoms with E-state index in [2.05, 4.69) is 20.8 Å². The summed E-state index contributed by atoms with van der Waals surface area (Å²) in [6.07, 6.45) is 0.982. The molecule has 1 aromatic heterocycles. The molecule has 0 spiro atoms. The van der Waals surface area contributed by atoms with E-state index in [0.29, 0.717) is 18.7 Å². The van der Waals surface area contributed by atoms with Crippen molar-refractivity contribution in [1.82, 2.24) is 9.13 Å². The number of rotatable bonds is 11. The summed E-state index contributed by atoms with van der Waals surface area (Å²) in [7, 11) is 3.16. The number of carboxylic acids is 1. The van der Waals surface area contributed by atoms with Crippen molar-refractivity contribution in [2.75, 3.05) is 14.2 Å². The van der Waals surface area contributed by atoms with Gasteiger partial charge in [-0.05, 0) is 35.1 Å². The topological polar surface area (TPSA) is 82.7 Å². The van der Waals surface area contributed by atoms with Crippen molar-refractivity contribution in [1.29, 1.82) is 0 Å². The number of imidazole rings is 1. The number of methoxy groups -OCH3 is 2. The quantitative estimate of drug-likeness (QED) is 0.404. The van der Waals surface area contributed by atoms with Crippen LogP contribution in [-0.4, -0.2) is 34.4 Å². The van der Waals surface area contributed by atoms with Crippen LogP contribution in [0.1, 0.15) is 60.8 Å². The van der Waals surface area contributed by atoms with Crippen LogP contribution in [-0.2, 0) is 29.0 Å². The lowest BCUT2D eigenvalue weighted by molar-refractivity contribution is -0.111. The normalized spacial score (nSPS) is 11.5. The highest BCUT2D eigenvalue weighted by molar-refractivity contribution is 5.95. The summed E-state index contributed by atoms with van der Waals surface area (Å²) in [4.78, 5) is 25.1. The molecule has 0 bridgehead atoms. The maximum Gasteiger partial charge on any atom is 0.336 e. The Kier molecular flexibility index (Phi) is 8.47. The van der Waals surface area contributed by atoms with Gasteiger partial charge in [-0.2, -0.15) is 0 Å². The second-order valence-corrected chi connectivity index (χ2v) is 8.81. The summed E-state index contributed by atoms with van der Waals surface area (Å²) >= 11 is 0. The highest BCUT2D eigenvalue weighted by atomic mass is 16.7. The zero-order valence-electron chi connectivity index (χ0n) is 20.6. The Morgan fingerprint density at radius 2 is 1.65 bits per heavy atom. The number of aromatic carboxylic acids is 1. The molecule has 0 unspecified atom stereocenters. The predicted molar refractivity (Wildman–Crippen MR) is 132 cm³/mol. The van der Waals surface area contributed by atoms with Crippen molar-refractivity contribution in [3.63, 3.8) is 0 Å². The molecule has 3 rings (SSSR count). The van der Waals surface area contributed by atoms with Gasteiger partial charge in [-0.15, -0.1) is 0 Å². The standard InChI is InChI=1S/C27H34N2O5/c1-6-9-23-24(26(33-4)34-5)29(16-18(2)3)27(32)28(23)17-19-12-14-20(15-13-19)21-10-7-8-11-22(21)25(30)31/h7-8,10-15,18,26H,6,9,16-17H2,1-5H3,(H,30,31). The molecular formula is C27H34N2O5. The molecule has 0 aliphatic carbocycles. The largest absolute Gasteiger partial charge is 0.478 e. The number of carbonyl (C=O) groups is 1. The van der Waals surface area contributed by atoms with E-state index in [4.69, 9.17) is 9.47 Å². The summed E-state index contributed by atoms with van der Waals surface area (Å²) < 4.78 is 14.7. The van der Waals surface area contributed by atoms with E-state index >= 15 is 0 Å². The Morgan fingerprint density at radius 1 is 1.00 bits per heavy atom. The highest BCUT2D eigenvalue weighted by Gasteiger charge is 2.26. The van der Waals surface area contributed by atoms with Gasteiger partial charge in [0.05, 0.1) is 17.8 Å². The molecule has 0 aliphatic heterocycles. The minimum atomic E-state index is -0.958. The van der Waals surface area contributed by atoms with Crippen LogP contribution in [0.3, 0.4) is 0 Å². The second kappa shape index (κ2) is 11.3. The number of aromatic nitrogens is 2. The zero-order valence-corrected chi connectivity index (χ0v) is 20.6. The summed E-state index contributed by atoms with van der Waals surface area (Å²) in [6.45, 7) is 7.23. The first-order chi connectivity index (χ1) is 16.3. The molecule has 3 aromatic rings. The monoisotopic (exact) mass is 466 g/mol. The van der Waals surface area contributed by atoms with E-state index in [1.807, 2.05) is 34.9 Å².